The summed E-state index contributed by atoms with van der Waals surface area (Å²) in [4.78, 5) is 46.6. The highest BCUT2D eigenvalue weighted by Crippen LogP contribution is 2.21. The van der Waals surface area contributed by atoms with Crippen LogP contribution in [-0.2, 0) is 19.6 Å². The zero-order valence-corrected chi connectivity index (χ0v) is 23.8. The molecule has 0 atom stereocenters. The molecule has 3 aromatic rings. The van der Waals surface area contributed by atoms with E-state index in [4.69, 9.17) is 0 Å². The van der Waals surface area contributed by atoms with Gasteiger partial charge < -0.3 is 14.7 Å². The van der Waals surface area contributed by atoms with E-state index in [1.165, 1.54) is 0 Å². The van der Waals surface area contributed by atoms with Crippen LogP contribution >= 0.6 is 0 Å². The molecule has 0 aliphatic carbocycles. The van der Waals surface area contributed by atoms with Gasteiger partial charge in [-0.3, -0.25) is 14.4 Å². The number of rotatable bonds is 3. The zero-order chi connectivity index (χ0) is 28.3. The van der Waals surface area contributed by atoms with Crippen molar-refractivity contribution >= 4 is 17.7 Å². The third-order valence-corrected chi connectivity index (χ3v) is 7.23. The van der Waals surface area contributed by atoms with Crippen LogP contribution in [0.3, 0.4) is 0 Å². The maximum Gasteiger partial charge on any atom is 0.254 e. The van der Waals surface area contributed by atoms with E-state index in [2.05, 4.69) is 0 Å². The monoisotopic (exact) mass is 525 g/mol. The molecule has 0 saturated heterocycles. The molecule has 0 radical (unpaired) electrons. The summed E-state index contributed by atoms with van der Waals surface area (Å²) >= 11 is 0. The molecule has 1 aliphatic rings. The summed E-state index contributed by atoms with van der Waals surface area (Å²) < 4.78 is 0. The summed E-state index contributed by atoms with van der Waals surface area (Å²) in [6.45, 7) is 13.2. The van der Waals surface area contributed by atoms with Crippen molar-refractivity contribution in [3.63, 3.8) is 0 Å². The number of fused-ring (bicyclic) bond motifs is 6. The molecular weight excluding hydrogens is 486 g/mol. The number of hydrogen-bond acceptors (Lipinski definition) is 3. The Balaban J connectivity index is 1.85. The first kappa shape index (κ1) is 28.1. The maximum atomic E-state index is 13.7. The normalized spacial score (nSPS) is 15.3. The van der Waals surface area contributed by atoms with Gasteiger partial charge in [0, 0.05) is 54.5 Å². The molecule has 4 rings (SSSR count). The van der Waals surface area contributed by atoms with Crippen molar-refractivity contribution in [3.8, 4) is 0 Å². The van der Waals surface area contributed by atoms with Crippen molar-refractivity contribution in [1.82, 2.24) is 14.7 Å². The van der Waals surface area contributed by atoms with Gasteiger partial charge in [-0.1, -0.05) is 36.4 Å². The molecule has 0 aromatic heterocycles. The van der Waals surface area contributed by atoms with Crippen LogP contribution in [0.5, 0.6) is 0 Å². The van der Waals surface area contributed by atoms with Gasteiger partial charge in [-0.25, -0.2) is 0 Å². The summed E-state index contributed by atoms with van der Waals surface area (Å²) in [6.07, 6.45) is 0. The lowest BCUT2D eigenvalue weighted by molar-refractivity contribution is 0.0688. The summed E-state index contributed by atoms with van der Waals surface area (Å²) in [5, 5.41) is 0. The summed E-state index contributed by atoms with van der Waals surface area (Å²) in [6, 6.07) is 22.5. The molecule has 204 valence electrons. The lowest BCUT2D eigenvalue weighted by atomic mass is 10.0. The summed E-state index contributed by atoms with van der Waals surface area (Å²) in [7, 11) is 0. The van der Waals surface area contributed by atoms with E-state index in [0.29, 0.717) is 36.3 Å². The molecule has 0 fully saturated rings. The molecule has 0 unspecified atom stereocenters. The number of hydrogen-bond donors (Lipinski definition) is 0. The number of carbonyl (C=O) groups excluding carboxylic acids is 3. The van der Waals surface area contributed by atoms with Crippen molar-refractivity contribution in [2.45, 2.75) is 79.3 Å². The molecule has 39 heavy (non-hydrogen) atoms. The smallest absolute Gasteiger partial charge is 0.254 e. The fourth-order valence-electron chi connectivity index (χ4n) is 4.96. The molecule has 3 amide bonds. The lowest BCUT2D eigenvalue weighted by Crippen LogP contribution is -2.38. The second-order valence-corrected chi connectivity index (χ2v) is 11.2. The molecule has 0 spiro atoms. The number of amides is 3. The van der Waals surface area contributed by atoms with Crippen LogP contribution in [0, 0.1) is 0 Å². The molecule has 6 heteroatoms. The van der Waals surface area contributed by atoms with Crippen LogP contribution in [0.2, 0.25) is 0 Å². The van der Waals surface area contributed by atoms with E-state index in [9.17, 15) is 14.4 Å². The van der Waals surface area contributed by atoms with Gasteiger partial charge in [-0.2, -0.15) is 0 Å². The Kier molecular flexibility index (Phi) is 8.54. The molecule has 0 N–H and O–H groups in total. The van der Waals surface area contributed by atoms with E-state index >= 15 is 0 Å². The van der Waals surface area contributed by atoms with Gasteiger partial charge in [-0.05, 0) is 94.6 Å². The standard InChI is InChI=1S/C33H39N3O3/c1-22(2)34-19-25-10-7-14-29(16-25)32(38)36(24(5)6)21-27-12-9-15-30(18-27)33(39)35(23(3)4)20-26-11-8-13-28(17-26)31(34)37/h7-18,22-24H,19-21H2,1-6H3. The van der Waals surface area contributed by atoms with E-state index in [-0.39, 0.29) is 35.8 Å². The topological polar surface area (TPSA) is 60.9 Å². The van der Waals surface area contributed by atoms with Crippen LogP contribution < -0.4 is 0 Å². The largest absolute Gasteiger partial charge is 0.332 e. The molecular formula is C33H39N3O3. The third kappa shape index (κ3) is 6.39. The molecule has 0 saturated carbocycles. The first-order valence-electron chi connectivity index (χ1n) is 13.7. The Bertz CT molecular complexity index is 1200. The molecule has 1 aliphatic heterocycles. The molecule has 6 nitrogen and oxygen atoms in total. The molecule has 3 aromatic carbocycles. The quantitative estimate of drug-likeness (QED) is 0.412. The minimum Gasteiger partial charge on any atom is -0.332 e. The van der Waals surface area contributed by atoms with Gasteiger partial charge in [0.1, 0.15) is 0 Å². The highest BCUT2D eigenvalue weighted by molar-refractivity contribution is 5.96. The fraction of sp³-hybridized carbons (Fsp3) is 0.364. The summed E-state index contributed by atoms with van der Waals surface area (Å²) in [5.41, 5.74) is 4.46. The van der Waals surface area contributed by atoms with Crippen molar-refractivity contribution in [1.29, 1.82) is 0 Å². The first-order chi connectivity index (χ1) is 18.5. The summed E-state index contributed by atoms with van der Waals surface area (Å²) in [5.74, 6) is -0.240. The predicted molar refractivity (Wildman–Crippen MR) is 154 cm³/mol. The van der Waals surface area contributed by atoms with Gasteiger partial charge >= 0.3 is 0 Å². The Labute approximate surface area is 232 Å². The van der Waals surface area contributed by atoms with Gasteiger partial charge in [0.15, 0.2) is 0 Å². The van der Waals surface area contributed by atoms with Crippen molar-refractivity contribution in [2.24, 2.45) is 0 Å². The zero-order valence-electron chi connectivity index (χ0n) is 23.8. The second-order valence-electron chi connectivity index (χ2n) is 11.2. The van der Waals surface area contributed by atoms with Gasteiger partial charge in [0.2, 0.25) is 0 Å². The van der Waals surface area contributed by atoms with Crippen molar-refractivity contribution < 1.29 is 14.4 Å². The van der Waals surface area contributed by atoms with Crippen molar-refractivity contribution in [3.05, 3.63) is 106 Å². The average Bonchev–Trinajstić information content (AvgIpc) is 2.92. The van der Waals surface area contributed by atoms with Crippen molar-refractivity contribution in [2.75, 3.05) is 0 Å². The van der Waals surface area contributed by atoms with Gasteiger partial charge in [0.05, 0.1) is 0 Å². The Hall–Kier alpha value is -3.93. The Morgan fingerprint density at radius 1 is 0.462 bits per heavy atom. The highest BCUT2D eigenvalue weighted by Gasteiger charge is 2.25. The lowest BCUT2D eigenvalue weighted by Gasteiger charge is -2.30. The predicted octanol–water partition coefficient (Wildman–Crippen LogP) is 6.15. The van der Waals surface area contributed by atoms with Crippen LogP contribution in [0.1, 0.15) is 89.3 Å². The third-order valence-electron chi connectivity index (χ3n) is 7.23. The van der Waals surface area contributed by atoms with Crippen LogP contribution in [0.15, 0.2) is 72.8 Å². The van der Waals surface area contributed by atoms with Gasteiger partial charge in [0.25, 0.3) is 17.7 Å². The number of benzene rings is 3. The Morgan fingerprint density at radius 3 is 0.949 bits per heavy atom. The fourth-order valence-corrected chi connectivity index (χ4v) is 4.96. The van der Waals surface area contributed by atoms with Crippen LogP contribution in [0.25, 0.3) is 0 Å². The highest BCUT2D eigenvalue weighted by atomic mass is 16.2. The first-order valence-corrected chi connectivity index (χ1v) is 13.7. The second kappa shape index (κ2) is 11.9. The van der Waals surface area contributed by atoms with E-state index in [1.807, 2.05) is 129 Å². The van der Waals surface area contributed by atoms with E-state index in [1.54, 1.807) is 0 Å². The number of carbonyl (C=O) groups is 3. The van der Waals surface area contributed by atoms with E-state index < -0.39 is 0 Å². The van der Waals surface area contributed by atoms with Gasteiger partial charge in [-0.15, -0.1) is 0 Å². The number of nitrogens with zero attached hydrogens (tertiary/aromatic N) is 3. The minimum absolute atomic E-state index is 0.0444. The van der Waals surface area contributed by atoms with Crippen LogP contribution in [-0.4, -0.2) is 50.5 Å². The van der Waals surface area contributed by atoms with E-state index in [0.717, 1.165) is 16.7 Å². The SMILES string of the molecule is CC(C)N1Cc2cccc(c2)C(=O)N(C(C)C)Cc2cccc(c2)C(=O)N(C(C)C)Cc2cccc(c2)C1=O. The Morgan fingerprint density at radius 2 is 0.718 bits per heavy atom. The molecule has 6 bridgehead atoms. The molecule has 1 heterocycles. The minimum atomic E-state index is -0.0800. The average molecular weight is 526 g/mol. The van der Waals surface area contributed by atoms with Crippen LogP contribution in [0.4, 0.5) is 0 Å². The maximum absolute atomic E-state index is 13.7.